The summed E-state index contributed by atoms with van der Waals surface area (Å²) in [5.74, 6) is -0.0684. The van der Waals surface area contributed by atoms with Crippen LogP contribution in [0.2, 0.25) is 0 Å². The molecule has 4 aromatic carbocycles. The number of rotatable bonds is 6. The van der Waals surface area contributed by atoms with Crippen LogP contribution in [-0.4, -0.2) is 20.5 Å². The van der Waals surface area contributed by atoms with Gasteiger partial charge in [0.2, 0.25) is 0 Å². The van der Waals surface area contributed by atoms with E-state index in [-0.39, 0.29) is 5.78 Å². The third-order valence-corrected chi connectivity index (χ3v) is 6.98. The number of hydrogen-bond acceptors (Lipinski definition) is 4. The molecule has 0 saturated heterocycles. The number of aromatic nitrogens is 3. The van der Waals surface area contributed by atoms with E-state index >= 15 is 0 Å². The highest BCUT2D eigenvalue weighted by atomic mass is 32.1. The molecule has 0 fully saturated rings. The zero-order valence-electron chi connectivity index (χ0n) is 19.3. The fourth-order valence-corrected chi connectivity index (χ4v) is 5.12. The van der Waals surface area contributed by atoms with E-state index in [0.29, 0.717) is 16.1 Å². The number of thiazole rings is 1. The monoisotopic (exact) mass is 483 g/mol. The quantitative estimate of drug-likeness (QED) is 0.181. The third kappa shape index (κ3) is 4.28. The molecule has 0 spiro atoms. The first kappa shape index (κ1) is 21.9. The molecule has 0 atom stereocenters. The third-order valence-electron chi connectivity index (χ3n) is 5.92. The van der Waals surface area contributed by atoms with Crippen molar-refractivity contribution in [2.24, 2.45) is 0 Å². The van der Waals surface area contributed by atoms with Gasteiger partial charge in [0.15, 0.2) is 5.78 Å². The van der Waals surface area contributed by atoms with Crippen LogP contribution in [0.5, 0.6) is 0 Å². The molecule has 0 aliphatic heterocycles. The summed E-state index contributed by atoms with van der Waals surface area (Å²) in [5.41, 5.74) is 5.64. The van der Waals surface area contributed by atoms with E-state index in [1.54, 1.807) is 0 Å². The molecule has 0 aliphatic rings. The first-order valence-electron chi connectivity index (χ1n) is 11.6. The van der Waals surface area contributed by atoms with Crippen molar-refractivity contribution in [2.75, 3.05) is 0 Å². The highest BCUT2D eigenvalue weighted by Gasteiger charge is 2.20. The van der Waals surface area contributed by atoms with E-state index in [4.69, 9.17) is 10.1 Å². The van der Waals surface area contributed by atoms with Gasteiger partial charge in [-0.1, -0.05) is 91.0 Å². The minimum atomic E-state index is -0.0684. The maximum Gasteiger partial charge on any atom is 0.196 e. The van der Waals surface area contributed by atoms with Crippen molar-refractivity contribution >= 4 is 39.0 Å². The summed E-state index contributed by atoms with van der Waals surface area (Å²) in [5, 5.41) is 5.61. The van der Waals surface area contributed by atoms with Gasteiger partial charge in [-0.3, -0.25) is 4.79 Å². The number of carbonyl (C=O) groups is 1. The molecule has 2 heterocycles. The lowest BCUT2D eigenvalue weighted by Crippen LogP contribution is -2.02. The summed E-state index contributed by atoms with van der Waals surface area (Å²) in [4.78, 5) is 18.6. The number of hydrogen-bond donors (Lipinski definition) is 0. The Bertz CT molecular complexity index is 1650. The number of nitrogens with zero attached hydrogens (tertiary/aromatic N) is 3. The van der Waals surface area contributed by atoms with Crippen LogP contribution >= 0.6 is 11.3 Å². The Balaban J connectivity index is 1.57. The Morgan fingerprint density at radius 1 is 0.750 bits per heavy atom. The van der Waals surface area contributed by atoms with Crippen LogP contribution in [0.3, 0.4) is 0 Å². The zero-order chi connectivity index (χ0) is 24.3. The van der Waals surface area contributed by atoms with E-state index in [1.807, 2.05) is 132 Å². The molecule has 5 heteroatoms. The van der Waals surface area contributed by atoms with Gasteiger partial charge >= 0.3 is 0 Å². The van der Waals surface area contributed by atoms with E-state index < -0.39 is 0 Å². The number of benzene rings is 4. The molecule has 4 nitrogen and oxygen atoms in total. The van der Waals surface area contributed by atoms with E-state index in [9.17, 15) is 4.79 Å². The first-order valence-corrected chi connectivity index (χ1v) is 12.5. The van der Waals surface area contributed by atoms with Gasteiger partial charge in [-0.05, 0) is 30.3 Å². The first-order chi connectivity index (χ1) is 17.8. The standard InChI is InChI=1S/C31H21N3OS/c35-30(23-14-6-2-7-15-23)26(31-32-27-18-10-11-19-28(27)36-31)20-24-21-34(25-16-8-3-9-17-25)33-29(24)22-12-4-1-5-13-22/h1-21H/b26-20-. The molecule has 36 heavy (non-hydrogen) atoms. The molecule has 0 bridgehead atoms. The molecule has 172 valence electrons. The van der Waals surface area contributed by atoms with Crippen LogP contribution in [0.4, 0.5) is 0 Å². The summed E-state index contributed by atoms with van der Waals surface area (Å²) in [6, 6.07) is 37.3. The largest absolute Gasteiger partial charge is 0.288 e. The van der Waals surface area contributed by atoms with Gasteiger partial charge in [-0.25, -0.2) is 9.67 Å². The van der Waals surface area contributed by atoms with Crippen LogP contribution in [0, 0.1) is 0 Å². The van der Waals surface area contributed by atoms with Gasteiger partial charge in [0.1, 0.15) is 5.01 Å². The second kappa shape index (κ2) is 9.56. The molecular formula is C31H21N3OS. The number of ketones is 1. The van der Waals surface area contributed by atoms with Crippen LogP contribution in [0.15, 0.2) is 121 Å². The van der Waals surface area contributed by atoms with Crippen LogP contribution < -0.4 is 0 Å². The summed E-state index contributed by atoms with van der Waals surface area (Å²) in [7, 11) is 0. The fourth-order valence-electron chi connectivity index (χ4n) is 4.14. The summed E-state index contributed by atoms with van der Waals surface area (Å²) in [6.07, 6.45) is 3.91. The number of fused-ring (bicyclic) bond motifs is 1. The Kier molecular flexibility index (Phi) is 5.82. The molecule has 2 aromatic heterocycles. The fraction of sp³-hybridized carbons (Fsp3) is 0. The van der Waals surface area contributed by atoms with Crippen molar-refractivity contribution < 1.29 is 4.79 Å². The molecule has 0 radical (unpaired) electrons. The number of allylic oxidation sites excluding steroid dienone is 1. The zero-order valence-corrected chi connectivity index (χ0v) is 20.1. The van der Waals surface area contributed by atoms with E-state index in [0.717, 1.165) is 32.7 Å². The summed E-state index contributed by atoms with van der Waals surface area (Å²) < 4.78 is 2.90. The number of para-hydroxylation sites is 2. The SMILES string of the molecule is O=C(/C(=C/c1cn(-c2ccccc2)nc1-c1ccccc1)c1nc2ccccc2s1)c1ccccc1. The summed E-state index contributed by atoms with van der Waals surface area (Å²) >= 11 is 1.53. The number of Topliss-reactive ketones (excluding diaryl/α,β-unsaturated/α-hetero) is 1. The molecule has 0 aliphatic carbocycles. The van der Waals surface area contributed by atoms with Crippen LogP contribution in [0.1, 0.15) is 20.9 Å². The lowest BCUT2D eigenvalue weighted by molar-refractivity contribution is 0.105. The van der Waals surface area contributed by atoms with E-state index in [1.165, 1.54) is 11.3 Å². The minimum absolute atomic E-state index is 0.0684. The molecule has 6 rings (SSSR count). The van der Waals surface area contributed by atoms with Gasteiger partial charge in [0.05, 0.1) is 27.2 Å². The maximum absolute atomic E-state index is 13.8. The van der Waals surface area contributed by atoms with Crippen LogP contribution in [0.25, 0.3) is 38.8 Å². The molecule has 6 aromatic rings. The van der Waals surface area contributed by atoms with Gasteiger partial charge in [0.25, 0.3) is 0 Å². The van der Waals surface area contributed by atoms with Crippen molar-refractivity contribution in [3.05, 3.63) is 138 Å². The highest BCUT2D eigenvalue weighted by molar-refractivity contribution is 7.20. The lowest BCUT2D eigenvalue weighted by Gasteiger charge is -2.05. The Labute approximate surface area is 212 Å². The van der Waals surface area contributed by atoms with Crippen molar-refractivity contribution in [3.63, 3.8) is 0 Å². The predicted molar refractivity (Wildman–Crippen MR) is 147 cm³/mol. The van der Waals surface area contributed by atoms with Gasteiger partial charge in [-0.15, -0.1) is 11.3 Å². The second-order valence-corrected chi connectivity index (χ2v) is 9.35. The number of carbonyl (C=O) groups excluding carboxylic acids is 1. The molecule has 0 amide bonds. The Hall–Kier alpha value is -4.61. The highest BCUT2D eigenvalue weighted by Crippen LogP contribution is 2.33. The van der Waals surface area contributed by atoms with E-state index in [2.05, 4.69) is 0 Å². The normalized spacial score (nSPS) is 11.6. The lowest BCUT2D eigenvalue weighted by atomic mass is 10.00. The predicted octanol–water partition coefficient (Wildman–Crippen LogP) is 7.57. The van der Waals surface area contributed by atoms with Crippen molar-refractivity contribution in [2.45, 2.75) is 0 Å². The smallest absolute Gasteiger partial charge is 0.196 e. The average Bonchev–Trinajstić information content (AvgIpc) is 3.57. The molecule has 0 unspecified atom stereocenters. The van der Waals surface area contributed by atoms with Crippen molar-refractivity contribution in [1.82, 2.24) is 14.8 Å². The molecular weight excluding hydrogens is 462 g/mol. The van der Waals surface area contributed by atoms with Crippen LogP contribution in [-0.2, 0) is 0 Å². The average molecular weight is 484 g/mol. The van der Waals surface area contributed by atoms with Gasteiger partial charge in [0, 0.05) is 22.9 Å². The Morgan fingerprint density at radius 3 is 2.11 bits per heavy atom. The summed E-state index contributed by atoms with van der Waals surface area (Å²) in [6.45, 7) is 0. The van der Waals surface area contributed by atoms with Crippen molar-refractivity contribution in [1.29, 1.82) is 0 Å². The van der Waals surface area contributed by atoms with Gasteiger partial charge in [-0.2, -0.15) is 5.10 Å². The molecule has 0 saturated carbocycles. The minimum Gasteiger partial charge on any atom is -0.288 e. The second-order valence-electron chi connectivity index (χ2n) is 8.32. The Morgan fingerprint density at radius 2 is 1.39 bits per heavy atom. The topological polar surface area (TPSA) is 47.8 Å². The molecule has 0 N–H and O–H groups in total. The maximum atomic E-state index is 13.8. The van der Waals surface area contributed by atoms with Gasteiger partial charge < -0.3 is 0 Å². The van der Waals surface area contributed by atoms with Crippen molar-refractivity contribution in [3.8, 4) is 16.9 Å².